The van der Waals surface area contributed by atoms with Crippen molar-refractivity contribution in [3.63, 3.8) is 0 Å². The molecule has 0 radical (unpaired) electrons. The van der Waals surface area contributed by atoms with Gasteiger partial charge in [-0.3, -0.25) is 0 Å². The third-order valence-electron chi connectivity index (χ3n) is 3.63. The highest BCUT2D eigenvalue weighted by molar-refractivity contribution is 5.06. The van der Waals surface area contributed by atoms with Crippen LogP contribution >= 0.6 is 0 Å². The van der Waals surface area contributed by atoms with Crippen LogP contribution in [0.5, 0.6) is 0 Å². The Morgan fingerprint density at radius 1 is 1.30 bits per heavy atom. The molecule has 2 aliphatic carbocycles. The molecule has 0 heterocycles. The zero-order valence-corrected chi connectivity index (χ0v) is 7.35. The minimum Gasteiger partial charge on any atom is -0.0625 e. The third kappa shape index (κ3) is 0.889. The van der Waals surface area contributed by atoms with E-state index in [1.165, 1.54) is 19.3 Å². The van der Waals surface area contributed by atoms with Crippen LogP contribution in [0.15, 0.2) is 0 Å². The summed E-state index contributed by atoms with van der Waals surface area (Å²) in [4.78, 5) is 0. The van der Waals surface area contributed by atoms with Gasteiger partial charge in [-0.1, -0.05) is 20.8 Å². The van der Waals surface area contributed by atoms with Crippen molar-refractivity contribution >= 4 is 0 Å². The Hall–Kier alpha value is 0. The second-order valence-electron chi connectivity index (χ2n) is 4.90. The van der Waals surface area contributed by atoms with Crippen molar-refractivity contribution in [2.75, 3.05) is 0 Å². The number of hydrogen-bond acceptors (Lipinski definition) is 0. The quantitative estimate of drug-likeness (QED) is 0.550. The molecule has 58 valence electrons. The molecular weight excluding hydrogens is 120 g/mol. The fourth-order valence-electron chi connectivity index (χ4n) is 2.32. The predicted molar refractivity (Wildman–Crippen MR) is 43.8 cm³/mol. The zero-order chi connectivity index (χ0) is 7.35. The van der Waals surface area contributed by atoms with Crippen LogP contribution in [-0.2, 0) is 0 Å². The molecular formula is C10H18. The van der Waals surface area contributed by atoms with Crippen LogP contribution in [0.1, 0.15) is 40.0 Å². The van der Waals surface area contributed by atoms with Crippen LogP contribution < -0.4 is 0 Å². The molecule has 2 aliphatic rings. The smallest absolute Gasteiger partial charge is 0.0294 e. The summed E-state index contributed by atoms with van der Waals surface area (Å²) in [6.07, 6.45) is 4.57. The first-order chi connectivity index (χ1) is 4.63. The largest absolute Gasteiger partial charge is 0.0625 e. The van der Waals surface area contributed by atoms with Gasteiger partial charge in [-0.05, 0) is 42.4 Å². The molecule has 0 N–H and O–H groups in total. The molecule has 0 saturated heterocycles. The van der Waals surface area contributed by atoms with Gasteiger partial charge < -0.3 is 0 Å². The van der Waals surface area contributed by atoms with E-state index < -0.39 is 0 Å². The summed E-state index contributed by atoms with van der Waals surface area (Å²) in [5.41, 5.74) is 0.814. The molecule has 0 amide bonds. The Bertz CT molecular complexity index is 142. The average molecular weight is 138 g/mol. The van der Waals surface area contributed by atoms with Gasteiger partial charge in [0.25, 0.3) is 0 Å². The van der Waals surface area contributed by atoms with Gasteiger partial charge in [-0.2, -0.15) is 0 Å². The van der Waals surface area contributed by atoms with Gasteiger partial charge in [0.15, 0.2) is 0 Å². The maximum atomic E-state index is 2.47. The Morgan fingerprint density at radius 3 is 2.20 bits per heavy atom. The summed E-state index contributed by atoms with van der Waals surface area (Å²) in [6.45, 7) is 7.22. The maximum absolute atomic E-state index is 2.47. The van der Waals surface area contributed by atoms with E-state index in [1.54, 1.807) is 0 Å². The molecule has 0 heteroatoms. The topological polar surface area (TPSA) is 0 Å². The van der Waals surface area contributed by atoms with Gasteiger partial charge in [-0.15, -0.1) is 0 Å². The Labute approximate surface area is 64.0 Å². The molecule has 0 spiro atoms. The first kappa shape index (κ1) is 6.69. The normalized spacial score (nSPS) is 42.0. The summed E-state index contributed by atoms with van der Waals surface area (Å²) in [7, 11) is 0. The van der Waals surface area contributed by atoms with Gasteiger partial charge >= 0.3 is 0 Å². The van der Waals surface area contributed by atoms with Crippen LogP contribution in [0.4, 0.5) is 0 Å². The minimum atomic E-state index is 0.814. The minimum absolute atomic E-state index is 0.814. The second-order valence-corrected chi connectivity index (χ2v) is 4.90. The van der Waals surface area contributed by atoms with E-state index in [0.717, 1.165) is 23.2 Å². The van der Waals surface area contributed by atoms with E-state index in [9.17, 15) is 0 Å². The molecule has 0 aromatic carbocycles. The highest BCUT2D eigenvalue weighted by Crippen LogP contribution is 2.65. The Kier molecular flexibility index (Phi) is 1.19. The molecule has 2 unspecified atom stereocenters. The summed E-state index contributed by atoms with van der Waals surface area (Å²) < 4.78 is 0. The van der Waals surface area contributed by atoms with Crippen LogP contribution in [0.25, 0.3) is 0 Å². The van der Waals surface area contributed by atoms with Gasteiger partial charge in [0.2, 0.25) is 0 Å². The lowest BCUT2D eigenvalue weighted by Gasteiger charge is -2.08. The molecule has 2 saturated carbocycles. The van der Waals surface area contributed by atoms with Gasteiger partial charge in [0.05, 0.1) is 0 Å². The van der Waals surface area contributed by atoms with Crippen molar-refractivity contribution in [3.8, 4) is 0 Å². The van der Waals surface area contributed by atoms with Crippen molar-refractivity contribution in [1.82, 2.24) is 0 Å². The fraction of sp³-hybridized carbons (Fsp3) is 1.00. The molecule has 2 atom stereocenters. The summed E-state index contributed by atoms with van der Waals surface area (Å²) >= 11 is 0. The van der Waals surface area contributed by atoms with Crippen LogP contribution in [-0.4, -0.2) is 0 Å². The molecule has 0 bridgehead atoms. The SMILES string of the molecule is CC(C)C1CC1C1(C)CC1. The molecule has 10 heavy (non-hydrogen) atoms. The van der Waals surface area contributed by atoms with E-state index in [1.807, 2.05) is 0 Å². The molecule has 0 nitrogen and oxygen atoms in total. The van der Waals surface area contributed by atoms with E-state index >= 15 is 0 Å². The molecule has 0 aromatic heterocycles. The van der Waals surface area contributed by atoms with Crippen molar-refractivity contribution in [2.45, 2.75) is 40.0 Å². The van der Waals surface area contributed by atoms with Gasteiger partial charge in [0.1, 0.15) is 0 Å². The zero-order valence-electron chi connectivity index (χ0n) is 7.35. The van der Waals surface area contributed by atoms with Gasteiger partial charge in [0, 0.05) is 0 Å². The van der Waals surface area contributed by atoms with Crippen LogP contribution in [0.3, 0.4) is 0 Å². The lowest BCUT2D eigenvalue weighted by atomic mass is 9.97. The van der Waals surface area contributed by atoms with E-state index in [0.29, 0.717) is 0 Å². The lowest BCUT2D eigenvalue weighted by molar-refractivity contribution is 0.407. The van der Waals surface area contributed by atoms with Crippen molar-refractivity contribution in [3.05, 3.63) is 0 Å². The molecule has 0 aliphatic heterocycles. The van der Waals surface area contributed by atoms with E-state index in [-0.39, 0.29) is 0 Å². The van der Waals surface area contributed by atoms with Gasteiger partial charge in [-0.25, -0.2) is 0 Å². The summed E-state index contributed by atoms with van der Waals surface area (Å²) in [5, 5.41) is 0. The van der Waals surface area contributed by atoms with Crippen molar-refractivity contribution < 1.29 is 0 Å². The van der Waals surface area contributed by atoms with E-state index in [2.05, 4.69) is 20.8 Å². The molecule has 0 aromatic rings. The summed E-state index contributed by atoms with van der Waals surface area (Å²) in [6, 6.07) is 0. The number of rotatable bonds is 2. The van der Waals surface area contributed by atoms with Crippen LogP contribution in [0.2, 0.25) is 0 Å². The van der Waals surface area contributed by atoms with Crippen molar-refractivity contribution in [2.24, 2.45) is 23.2 Å². The average Bonchev–Trinajstić information content (AvgIpc) is 2.54. The summed E-state index contributed by atoms with van der Waals surface area (Å²) in [5.74, 6) is 3.16. The first-order valence-electron chi connectivity index (χ1n) is 4.63. The van der Waals surface area contributed by atoms with Crippen LogP contribution in [0, 0.1) is 23.2 Å². The number of hydrogen-bond donors (Lipinski definition) is 0. The predicted octanol–water partition coefficient (Wildman–Crippen LogP) is 3.08. The Balaban J connectivity index is 1.90. The third-order valence-corrected chi connectivity index (χ3v) is 3.63. The molecule has 2 rings (SSSR count). The monoisotopic (exact) mass is 138 g/mol. The lowest BCUT2D eigenvalue weighted by Crippen LogP contribution is -2.01. The van der Waals surface area contributed by atoms with E-state index in [4.69, 9.17) is 0 Å². The standard InChI is InChI=1S/C10H18/c1-7(2)8-6-9(8)10(3)4-5-10/h7-9H,4-6H2,1-3H3. The maximum Gasteiger partial charge on any atom is -0.0294 e. The fourth-order valence-corrected chi connectivity index (χ4v) is 2.32. The highest BCUT2D eigenvalue weighted by Gasteiger charge is 2.56. The highest BCUT2D eigenvalue weighted by atomic mass is 14.6. The second kappa shape index (κ2) is 1.78. The first-order valence-corrected chi connectivity index (χ1v) is 4.63. The van der Waals surface area contributed by atoms with Crippen molar-refractivity contribution in [1.29, 1.82) is 0 Å². The molecule has 2 fully saturated rings. The Morgan fingerprint density at radius 2 is 1.90 bits per heavy atom.